The van der Waals surface area contributed by atoms with Crippen LogP contribution in [0.25, 0.3) is 10.2 Å². The number of rotatable bonds is 3. The third-order valence-corrected chi connectivity index (χ3v) is 4.62. The van der Waals surface area contributed by atoms with E-state index in [9.17, 15) is 14.9 Å². The van der Waals surface area contributed by atoms with E-state index in [4.69, 9.17) is 0 Å². The van der Waals surface area contributed by atoms with Gasteiger partial charge in [0.2, 0.25) is 0 Å². The second-order valence-electron chi connectivity index (χ2n) is 5.66. The van der Waals surface area contributed by atoms with Crippen molar-refractivity contribution in [1.82, 2.24) is 4.98 Å². The van der Waals surface area contributed by atoms with Crippen LogP contribution in [0.4, 0.5) is 10.8 Å². The Hall–Kier alpha value is -2.80. The van der Waals surface area contributed by atoms with E-state index in [1.54, 1.807) is 6.92 Å². The third kappa shape index (κ3) is 2.98. The SMILES string of the molecule is Cc1cc(C)c2nc(NC(=O)c3ccc([N+](=O)[O-])c(C)c3)sc2c1. The molecule has 0 saturated carbocycles. The number of benzene rings is 2. The summed E-state index contributed by atoms with van der Waals surface area (Å²) in [7, 11) is 0. The molecule has 1 heterocycles. The predicted molar refractivity (Wildman–Crippen MR) is 94.9 cm³/mol. The van der Waals surface area contributed by atoms with Crippen molar-refractivity contribution in [3.63, 3.8) is 0 Å². The molecule has 0 bridgehead atoms. The average Bonchev–Trinajstić information content (AvgIpc) is 2.89. The van der Waals surface area contributed by atoms with Gasteiger partial charge >= 0.3 is 0 Å². The molecule has 6 nitrogen and oxygen atoms in total. The molecule has 2 aromatic carbocycles. The first-order valence-corrected chi connectivity index (χ1v) is 8.11. The molecule has 122 valence electrons. The molecule has 1 N–H and O–H groups in total. The number of aromatic nitrogens is 1. The molecular weight excluding hydrogens is 326 g/mol. The lowest BCUT2D eigenvalue weighted by molar-refractivity contribution is -0.385. The first-order chi connectivity index (χ1) is 11.3. The van der Waals surface area contributed by atoms with E-state index in [1.807, 2.05) is 26.0 Å². The van der Waals surface area contributed by atoms with Crippen LogP contribution in [0.5, 0.6) is 0 Å². The summed E-state index contributed by atoms with van der Waals surface area (Å²) in [6, 6.07) is 8.38. The van der Waals surface area contributed by atoms with Crippen molar-refractivity contribution in [2.75, 3.05) is 5.32 Å². The van der Waals surface area contributed by atoms with E-state index in [0.29, 0.717) is 16.3 Å². The van der Waals surface area contributed by atoms with Crippen molar-refractivity contribution < 1.29 is 9.72 Å². The van der Waals surface area contributed by atoms with Crippen LogP contribution in [0.1, 0.15) is 27.0 Å². The summed E-state index contributed by atoms with van der Waals surface area (Å²) in [5.41, 5.74) is 3.90. The van der Waals surface area contributed by atoms with E-state index in [-0.39, 0.29) is 11.6 Å². The number of nitro benzene ring substituents is 1. The maximum atomic E-state index is 12.4. The first kappa shape index (κ1) is 16.1. The molecule has 0 aliphatic rings. The number of nitro groups is 1. The lowest BCUT2D eigenvalue weighted by Crippen LogP contribution is -2.12. The fourth-order valence-electron chi connectivity index (χ4n) is 2.59. The number of anilines is 1. The van der Waals surface area contributed by atoms with Crippen molar-refractivity contribution in [2.24, 2.45) is 0 Å². The molecular formula is C17H15N3O3S. The Kier molecular flexibility index (Phi) is 4.02. The normalized spacial score (nSPS) is 10.8. The monoisotopic (exact) mass is 341 g/mol. The van der Waals surface area contributed by atoms with Crippen LogP contribution >= 0.6 is 11.3 Å². The molecule has 0 aliphatic carbocycles. The van der Waals surface area contributed by atoms with E-state index in [2.05, 4.69) is 10.3 Å². The summed E-state index contributed by atoms with van der Waals surface area (Å²) in [5.74, 6) is -0.332. The maximum absolute atomic E-state index is 12.4. The van der Waals surface area contributed by atoms with Crippen molar-refractivity contribution in [1.29, 1.82) is 0 Å². The van der Waals surface area contributed by atoms with Gasteiger partial charge in [0.1, 0.15) is 0 Å². The predicted octanol–water partition coefficient (Wildman–Crippen LogP) is 4.38. The fraction of sp³-hybridized carbons (Fsp3) is 0.176. The highest BCUT2D eigenvalue weighted by atomic mass is 32.1. The fourth-order valence-corrected chi connectivity index (χ4v) is 3.63. The smallest absolute Gasteiger partial charge is 0.272 e. The largest absolute Gasteiger partial charge is 0.298 e. The molecule has 0 atom stereocenters. The summed E-state index contributed by atoms with van der Waals surface area (Å²) >= 11 is 1.41. The quantitative estimate of drug-likeness (QED) is 0.566. The highest BCUT2D eigenvalue weighted by molar-refractivity contribution is 7.22. The second kappa shape index (κ2) is 6.01. The molecule has 7 heteroatoms. The number of amides is 1. The summed E-state index contributed by atoms with van der Waals surface area (Å²) in [6.07, 6.45) is 0. The average molecular weight is 341 g/mol. The van der Waals surface area contributed by atoms with Crippen LogP contribution < -0.4 is 5.32 Å². The Bertz CT molecular complexity index is 979. The van der Waals surface area contributed by atoms with Gasteiger partial charge in [-0.05, 0) is 50.1 Å². The molecule has 0 spiro atoms. The zero-order valence-electron chi connectivity index (χ0n) is 13.4. The van der Waals surface area contributed by atoms with Crippen LogP contribution in [0, 0.1) is 30.9 Å². The number of carbonyl (C=O) groups is 1. The summed E-state index contributed by atoms with van der Waals surface area (Å²) < 4.78 is 1.02. The van der Waals surface area contributed by atoms with Gasteiger partial charge in [0.05, 0.1) is 15.1 Å². The van der Waals surface area contributed by atoms with Crippen LogP contribution in [-0.2, 0) is 0 Å². The van der Waals surface area contributed by atoms with Crippen molar-refractivity contribution >= 4 is 38.3 Å². The number of nitrogens with zero attached hydrogens (tertiary/aromatic N) is 2. The highest BCUT2D eigenvalue weighted by Crippen LogP contribution is 2.29. The third-order valence-electron chi connectivity index (χ3n) is 3.71. The Morgan fingerprint density at radius 2 is 1.92 bits per heavy atom. The van der Waals surface area contributed by atoms with Gasteiger partial charge in [-0.1, -0.05) is 17.4 Å². The molecule has 0 unspecified atom stereocenters. The molecule has 3 aromatic rings. The van der Waals surface area contributed by atoms with Gasteiger partial charge < -0.3 is 0 Å². The Labute approximate surface area is 142 Å². The van der Waals surface area contributed by atoms with Crippen LogP contribution in [-0.4, -0.2) is 15.8 Å². The van der Waals surface area contributed by atoms with Crippen molar-refractivity contribution in [3.8, 4) is 0 Å². The Morgan fingerprint density at radius 1 is 1.17 bits per heavy atom. The highest BCUT2D eigenvalue weighted by Gasteiger charge is 2.15. The number of nitrogens with one attached hydrogen (secondary N) is 1. The molecule has 0 saturated heterocycles. The maximum Gasteiger partial charge on any atom is 0.272 e. The van der Waals surface area contributed by atoms with Gasteiger partial charge in [-0.2, -0.15) is 0 Å². The summed E-state index contributed by atoms with van der Waals surface area (Å²) in [6.45, 7) is 5.61. The zero-order valence-corrected chi connectivity index (χ0v) is 14.2. The van der Waals surface area contributed by atoms with E-state index < -0.39 is 4.92 Å². The van der Waals surface area contributed by atoms with Gasteiger partial charge in [0.15, 0.2) is 5.13 Å². The van der Waals surface area contributed by atoms with Crippen LogP contribution in [0.2, 0.25) is 0 Å². The van der Waals surface area contributed by atoms with Crippen molar-refractivity contribution in [3.05, 3.63) is 62.7 Å². The number of thiazole rings is 1. The number of hydrogen-bond donors (Lipinski definition) is 1. The number of fused-ring (bicyclic) bond motifs is 1. The van der Waals surface area contributed by atoms with Crippen molar-refractivity contribution in [2.45, 2.75) is 20.8 Å². The number of carbonyl (C=O) groups excluding carboxylic acids is 1. The summed E-state index contributed by atoms with van der Waals surface area (Å²) in [4.78, 5) is 27.2. The molecule has 3 rings (SSSR count). The minimum absolute atomic E-state index is 0.00219. The van der Waals surface area contributed by atoms with Crippen LogP contribution in [0.3, 0.4) is 0 Å². The zero-order chi connectivity index (χ0) is 17.4. The van der Waals surface area contributed by atoms with Crippen LogP contribution in [0.15, 0.2) is 30.3 Å². The van der Waals surface area contributed by atoms with Gasteiger partial charge in [-0.15, -0.1) is 0 Å². The Morgan fingerprint density at radius 3 is 2.58 bits per heavy atom. The van der Waals surface area contributed by atoms with Gasteiger partial charge in [0, 0.05) is 17.2 Å². The molecule has 1 amide bonds. The van der Waals surface area contributed by atoms with Gasteiger partial charge in [-0.25, -0.2) is 4.98 Å². The first-order valence-electron chi connectivity index (χ1n) is 7.29. The van der Waals surface area contributed by atoms with Gasteiger partial charge in [0.25, 0.3) is 11.6 Å². The summed E-state index contributed by atoms with van der Waals surface area (Å²) in [5, 5.41) is 14.1. The van der Waals surface area contributed by atoms with E-state index in [1.165, 1.54) is 29.5 Å². The minimum Gasteiger partial charge on any atom is -0.298 e. The van der Waals surface area contributed by atoms with E-state index >= 15 is 0 Å². The lowest BCUT2D eigenvalue weighted by atomic mass is 10.1. The molecule has 1 aromatic heterocycles. The molecule has 0 radical (unpaired) electrons. The topological polar surface area (TPSA) is 85.1 Å². The molecule has 0 aliphatic heterocycles. The molecule has 24 heavy (non-hydrogen) atoms. The minimum atomic E-state index is -0.463. The number of hydrogen-bond acceptors (Lipinski definition) is 5. The second-order valence-corrected chi connectivity index (χ2v) is 6.69. The van der Waals surface area contributed by atoms with E-state index in [0.717, 1.165) is 21.3 Å². The molecule has 0 fully saturated rings. The van der Waals surface area contributed by atoms with Gasteiger partial charge in [-0.3, -0.25) is 20.2 Å². The standard InChI is InChI=1S/C17H15N3O3S/c1-9-6-11(3)15-14(7-9)24-17(18-15)19-16(21)12-4-5-13(20(22)23)10(2)8-12/h4-8H,1-3H3,(H,18,19,21). The Balaban J connectivity index is 1.88. The number of aryl methyl sites for hydroxylation is 3. The lowest BCUT2D eigenvalue weighted by Gasteiger charge is -2.03.